The number of amides is 1. The minimum atomic E-state index is -4.91. The molecule has 2 aromatic heterocycles. The monoisotopic (exact) mass is 682 g/mol. The molecule has 0 bridgehead atoms. The van der Waals surface area contributed by atoms with Gasteiger partial charge in [-0.05, 0) is 49.6 Å². The van der Waals surface area contributed by atoms with Crippen LogP contribution in [0, 0.1) is 18.6 Å². The Bertz CT molecular complexity index is 1970. The highest BCUT2D eigenvalue weighted by Crippen LogP contribution is 2.39. The van der Waals surface area contributed by atoms with Crippen molar-refractivity contribution in [3.8, 4) is 11.1 Å². The molecule has 2 unspecified atom stereocenters. The number of hydrogen-bond acceptors (Lipinski definition) is 5. The molecule has 0 radical (unpaired) electrons. The lowest BCUT2D eigenvalue weighted by atomic mass is 9.93. The van der Waals surface area contributed by atoms with Crippen molar-refractivity contribution in [1.29, 1.82) is 0 Å². The summed E-state index contributed by atoms with van der Waals surface area (Å²) in [5, 5.41) is 12.0. The number of carbonyl (C=O) groups excluding carboxylic acids is 1. The molecule has 8 nitrogen and oxygen atoms in total. The van der Waals surface area contributed by atoms with E-state index in [0.717, 1.165) is 21.6 Å². The lowest BCUT2D eigenvalue weighted by molar-refractivity contribution is -0.146. The van der Waals surface area contributed by atoms with Gasteiger partial charge in [0.15, 0.2) is 0 Å². The van der Waals surface area contributed by atoms with Gasteiger partial charge in [-0.1, -0.05) is 18.2 Å². The topological polar surface area (TPSA) is 105 Å². The number of carboxylic acids is 1. The molecule has 254 valence electrons. The summed E-state index contributed by atoms with van der Waals surface area (Å²) in [7, 11) is 1.30. The minimum Gasteiger partial charge on any atom is -0.480 e. The zero-order valence-corrected chi connectivity index (χ0v) is 25.1. The number of nitrogens with one attached hydrogen (secondary N) is 1. The minimum absolute atomic E-state index is 0.0501. The molecule has 48 heavy (non-hydrogen) atoms. The molecule has 3 heterocycles. The van der Waals surface area contributed by atoms with Crippen LogP contribution in [-0.2, 0) is 24.4 Å². The normalized spacial score (nSPS) is 16.0. The van der Waals surface area contributed by atoms with E-state index in [9.17, 15) is 45.8 Å². The van der Waals surface area contributed by atoms with Crippen molar-refractivity contribution in [3.63, 3.8) is 0 Å². The van der Waals surface area contributed by atoms with Gasteiger partial charge < -0.3 is 19.9 Å². The van der Waals surface area contributed by atoms with Crippen molar-refractivity contribution in [2.75, 3.05) is 11.4 Å². The Hall–Kier alpha value is -5.02. The predicted octanol–water partition coefficient (Wildman–Crippen LogP) is 6.16. The fourth-order valence-corrected chi connectivity index (χ4v) is 5.93. The van der Waals surface area contributed by atoms with Crippen LogP contribution in [0.1, 0.15) is 40.0 Å². The zero-order chi connectivity index (χ0) is 35.3. The van der Waals surface area contributed by atoms with Crippen LogP contribution in [0.3, 0.4) is 0 Å². The summed E-state index contributed by atoms with van der Waals surface area (Å²) >= 11 is 0. The molecular weight excluding hydrogens is 656 g/mol. The summed E-state index contributed by atoms with van der Waals surface area (Å²) in [5.74, 6) is -6.18. The van der Waals surface area contributed by atoms with Gasteiger partial charge in [0, 0.05) is 48.5 Å². The number of aliphatic carboxylic acids is 1. The van der Waals surface area contributed by atoms with E-state index in [-0.39, 0.29) is 47.1 Å². The third kappa shape index (κ3) is 6.42. The highest BCUT2D eigenvalue weighted by Gasteiger charge is 2.46. The van der Waals surface area contributed by atoms with Gasteiger partial charge in [0.1, 0.15) is 29.3 Å². The van der Waals surface area contributed by atoms with E-state index in [1.54, 1.807) is 0 Å². The van der Waals surface area contributed by atoms with Crippen molar-refractivity contribution in [3.05, 3.63) is 93.0 Å². The molecular formula is C32H26F8N4O4. The summed E-state index contributed by atoms with van der Waals surface area (Å²) in [5.41, 5.74) is -4.56. The average Bonchev–Trinajstić information content (AvgIpc) is 3.50. The number of aromatic nitrogens is 2. The first-order valence-electron chi connectivity index (χ1n) is 14.4. The second-order valence-electron chi connectivity index (χ2n) is 11.4. The lowest BCUT2D eigenvalue weighted by Crippen LogP contribution is -2.43. The number of hydrogen-bond donors (Lipinski definition) is 2. The number of rotatable bonds is 7. The third-order valence-corrected chi connectivity index (χ3v) is 8.35. The van der Waals surface area contributed by atoms with Crippen molar-refractivity contribution < 1.29 is 49.8 Å². The molecule has 1 aliphatic heterocycles. The van der Waals surface area contributed by atoms with Gasteiger partial charge in [-0.2, -0.15) is 26.3 Å². The summed E-state index contributed by atoms with van der Waals surface area (Å²) in [6, 6.07) is 3.40. The number of carboxylic acid groups (broad SMARTS) is 1. The molecule has 5 rings (SSSR count). The second-order valence-corrected chi connectivity index (χ2v) is 11.4. The summed E-state index contributed by atoms with van der Waals surface area (Å²) < 4.78 is 114. The van der Waals surface area contributed by atoms with Crippen molar-refractivity contribution in [1.82, 2.24) is 14.9 Å². The van der Waals surface area contributed by atoms with Gasteiger partial charge in [0.25, 0.3) is 11.5 Å². The fraction of sp³-hybridized carbons (Fsp3) is 0.312. The quantitative estimate of drug-likeness (QED) is 0.226. The number of alkyl halides is 6. The smallest absolute Gasteiger partial charge is 0.417 e. The molecule has 1 aliphatic rings. The fourth-order valence-electron chi connectivity index (χ4n) is 5.93. The molecule has 4 aromatic rings. The molecule has 0 aliphatic carbocycles. The van der Waals surface area contributed by atoms with Gasteiger partial charge >= 0.3 is 18.3 Å². The first kappa shape index (κ1) is 34.3. The van der Waals surface area contributed by atoms with Crippen molar-refractivity contribution in [2.45, 2.75) is 50.6 Å². The Kier molecular flexibility index (Phi) is 8.97. The Morgan fingerprint density at radius 2 is 1.73 bits per heavy atom. The van der Waals surface area contributed by atoms with E-state index in [4.69, 9.17) is 0 Å². The van der Waals surface area contributed by atoms with Crippen LogP contribution in [0.5, 0.6) is 0 Å². The molecule has 1 fully saturated rings. The van der Waals surface area contributed by atoms with E-state index in [1.807, 2.05) is 5.32 Å². The van der Waals surface area contributed by atoms with Crippen LogP contribution in [0.15, 0.2) is 53.5 Å². The molecule has 0 spiro atoms. The zero-order valence-electron chi connectivity index (χ0n) is 25.1. The maximum Gasteiger partial charge on any atom is 0.417 e. The molecule has 2 aromatic carbocycles. The lowest BCUT2D eigenvalue weighted by Gasteiger charge is -2.28. The average molecular weight is 683 g/mol. The summed E-state index contributed by atoms with van der Waals surface area (Å²) in [6.45, 7) is 1.20. The highest BCUT2D eigenvalue weighted by atomic mass is 19.4. The van der Waals surface area contributed by atoms with Crippen molar-refractivity contribution >= 4 is 28.5 Å². The molecule has 16 heteroatoms. The third-order valence-electron chi connectivity index (χ3n) is 8.35. The SMILES string of the molecule is Cc1cc(C(F)(F)F)c(-c2ccc(CC(NC(=O)c3c(F)cc(N4CCCC4C(F)(F)F)cc3F)C(=O)O)c3cccnc23)c(=O)n1C. The van der Waals surface area contributed by atoms with Gasteiger partial charge in [0.2, 0.25) is 0 Å². The summed E-state index contributed by atoms with van der Waals surface area (Å²) in [6.07, 6.45) is -9.03. The maximum atomic E-state index is 15.1. The number of aryl methyl sites for hydroxylation is 1. The van der Waals surface area contributed by atoms with Crippen LogP contribution < -0.4 is 15.8 Å². The number of pyridine rings is 2. The standard InChI is InChI=1S/C32H26F8N4O4/c1-15-11-20(31(35,36)37)25(29(46)43(15)2)19-8-7-16(18-5-3-9-41-27(18)19)12-23(30(47)48)42-28(45)26-21(33)13-17(14-22(26)34)44-10-4-6-24(44)32(38,39)40/h3,5,7-9,11,13-14,23-24H,4,6,10,12H2,1-2H3,(H,42,45)(H,47,48). The highest BCUT2D eigenvalue weighted by molar-refractivity contribution is 5.99. The number of nitrogens with zero attached hydrogens (tertiary/aromatic N) is 3. The number of carbonyl (C=O) groups is 2. The Morgan fingerprint density at radius 3 is 2.33 bits per heavy atom. The van der Waals surface area contributed by atoms with Gasteiger partial charge in [-0.25, -0.2) is 13.6 Å². The number of fused-ring (bicyclic) bond motifs is 1. The number of anilines is 1. The predicted molar refractivity (Wildman–Crippen MR) is 158 cm³/mol. The van der Waals surface area contributed by atoms with Crippen LogP contribution in [0.4, 0.5) is 40.8 Å². The van der Waals surface area contributed by atoms with E-state index < -0.39 is 82.3 Å². The first-order valence-corrected chi connectivity index (χ1v) is 14.4. The van der Waals surface area contributed by atoms with Gasteiger partial charge in [-0.15, -0.1) is 0 Å². The van der Waals surface area contributed by atoms with Gasteiger partial charge in [0.05, 0.1) is 16.6 Å². The first-order chi connectivity index (χ1) is 22.4. The van der Waals surface area contributed by atoms with E-state index >= 15 is 8.78 Å². The second kappa shape index (κ2) is 12.5. The maximum absolute atomic E-state index is 15.1. The van der Waals surface area contributed by atoms with E-state index in [0.29, 0.717) is 12.1 Å². The van der Waals surface area contributed by atoms with Crippen LogP contribution >= 0.6 is 0 Å². The van der Waals surface area contributed by atoms with E-state index in [2.05, 4.69) is 4.98 Å². The molecule has 1 amide bonds. The van der Waals surface area contributed by atoms with Gasteiger partial charge in [-0.3, -0.25) is 14.6 Å². The molecule has 2 N–H and O–H groups in total. The van der Waals surface area contributed by atoms with Crippen LogP contribution in [0.2, 0.25) is 0 Å². The molecule has 0 saturated carbocycles. The number of halogens is 8. The van der Waals surface area contributed by atoms with E-state index in [1.165, 1.54) is 38.4 Å². The van der Waals surface area contributed by atoms with Crippen LogP contribution in [0.25, 0.3) is 22.0 Å². The van der Waals surface area contributed by atoms with Crippen LogP contribution in [-0.4, -0.2) is 51.3 Å². The molecule has 1 saturated heterocycles. The summed E-state index contributed by atoms with van der Waals surface area (Å²) in [4.78, 5) is 43.2. The Labute approximate surface area is 266 Å². The Balaban J connectivity index is 1.49. The van der Waals surface area contributed by atoms with Crippen molar-refractivity contribution in [2.24, 2.45) is 7.05 Å². The molecule has 2 atom stereocenters. The Morgan fingerprint density at radius 1 is 1.06 bits per heavy atom. The number of benzene rings is 2. The largest absolute Gasteiger partial charge is 0.480 e.